The summed E-state index contributed by atoms with van der Waals surface area (Å²) in [4.78, 5) is 0. The van der Waals surface area contributed by atoms with Crippen molar-refractivity contribution in [2.24, 2.45) is 35.0 Å². The molecule has 3 rings (SSSR count). The summed E-state index contributed by atoms with van der Waals surface area (Å²) in [6.07, 6.45) is 15.8. The van der Waals surface area contributed by atoms with E-state index < -0.39 is 12.2 Å². The first-order valence-corrected chi connectivity index (χ1v) is 12.3. The molecule has 2 N–H and O–H groups in total. The van der Waals surface area contributed by atoms with E-state index >= 15 is 0 Å². The Morgan fingerprint density at radius 1 is 1.07 bits per heavy atom. The van der Waals surface area contributed by atoms with Crippen molar-refractivity contribution in [2.45, 2.75) is 91.8 Å². The second-order valence-electron chi connectivity index (χ2n) is 11.0. The first-order valence-electron chi connectivity index (χ1n) is 12.3. The highest BCUT2D eigenvalue weighted by Gasteiger charge is 2.50. The van der Waals surface area contributed by atoms with Gasteiger partial charge < -0.3 is 10.2 Å². The van der Waals surface area contributed by atoms with Gasteiger partial charge in [-0.3, -0.25) is 0 Å². The zero-order valence-corrected chi connectivity index (χ0v) is 19.9. The Morgan fingerprint density at radius 2 is 1.80 bits per heavy atom. The van der Waals surface area contributed by atoms with Crippen LogP contribution in [0.15, 0.2) is 47.6 Å². The second-order valence-corrected chi connectivity index (χ2v) is 11.0. The van der Waals surface area contributed by atoms with Crippen molar-refractivity contribution in [1.29, 1.82) is 0 Å². The molecule has 0 amide bonds. The molecule has 0 saturated heterocycles. The van der Waals surface area contributed by atoms with Crippen LogP contribution >= 0.6 is 0 Å². The molecule has 0 spiro atoms. The van der Waals surface area contributed by atoms with E-state index in [1.54, 1.807) is 5.57 Å². The lowest BCUT2D eigenvalue weighted by atomic mass is 9.61. The van der Waals surface area contributed by atoms with E-state index in [2.05, 4.69) is 65.5 Å². The molecule has 1 unspecified atom stereocenters. The molecule has 0 bridgehead atoms. The third kappa shape index (κ3) is 4.86. The topological polar surface area (TPSA) is 40.5 Å². The first kappa shape index (κ1) is 23.5. The monoisotopic (exact) mass is 412 g/mol. The van der Waals surface area contributed by atoms with Gasteiger partial charge in [-0.05, 0) is 84.7 Å². The Morgan fingerprint density at radius 3 is 2.50 bits per heavy atom. The van der Waals surface area contributed by atoms with Crippen LogP contribution in [-0.2, 0) is 0 Å². The molecule has 0 aromatic rings. The molecule has 0 aliphatic heterocycles. The van der Waals surface area contributed by atoms with Gasteiger partial charge in [0.05, 0.1) is 12.2 Å². The van der Waals surface area contributed by atoms with E-state index in [4.69, 9.17) is 0 Å². The number of aliphatic hydroxyl groups excluding tert-OH is 2. The number of hydrogen-bond donors (Lipinski definition) is 2. The fourth-order valence-electron chi connectivity index (χ4n) is 6.32. The predicted octanol–water partition coefficient (Wildman–Crippen LogP) is 6.61. The van der Waals surface area contributed by atoms with Gasteiger partial charge in [0.1, 0.15) is 0 Å². The molecule has 0 aromatic carbocycles. The van der Waals surface area contributed by atoms with Crippen molar-refractivity contribution in [3.8, 4) is 0 Å². The Kier molecular flexibility index (Phi) is 7.51. The molecule has 3 aliphatic rings. The van der Waals surface area contributed by atoms with Crippen LogP contribution in [0.25, 0.3) is 0 Å². The molecular formula is C28H44O2. The van der Waals surface area contributed by atoms with Crippen LogP contribution < -0.4 is 0 Å². The van der Waals surface area contributed by atoms with Gasteiger partial charge in [0.2, 0.25) is 0 Å². The highest BCUT2D eigenvalue weighted by Crippen LogP contribution is 2.59. The molecule has 3 fully saturated rings. The largest absolute Gasteiger partial charge is 0.393 e. The van der Waals surface area contributed by atoms with Crippen LogP contribution in [0.2, 0.25) is 0 Å². The molecule has 0 radical (unpaired) electrons. The Labute approximate surface area is 184 Å². The maximum Gasteiger partial charge on any atom is 0.0811 e. The predicted molar refractivity (Wildman–Crippen MR) is 127 cm³/mol. The van der Waals surface area contributed by atoms with Gasteiger partial charge in [-0.25, -0.2) is 0 Å². The number of aliphatic hydroxyl groups is 2. The normalized spacial score (nSPS) is 39.8. The maximum absolute atomic E-state index is 10.1. The van der Waals surface area contributed by atoms with E-state index in [1.807, 2.05) is 0 Å². The van der Waals surface area contributed by atoms with Crippen molar-refractivity contribution in [2.75, 3.05) is 0 Å². The Hall–Kier alpha value is -1.12. The molecular weight excluding hydrogens is 368 g/mol. The summed E-state index contributed by atoms with van der Waals surface area (Å²) in [5.74, 6) is 3.38. The number of rotatable bonds is 5. The van der Waals surface area contributed by atoms with Crippen molar-refractivity contribution in [3.05, 3.63) is 47.6 Å². The van der Waals surface area contributed by atoms with E-state index in [0.29, 0.717) is 41.9 Å². The van der Waals surface area contributed by atoms with E-state index in [0.717, 1.165) is 17.1 Å². The Bertz CT molecular complexity index is 712. The third-order valence-corrected chi connectivity index (χ3v) is 8.71. The zero-order valence-electron chi connectivity index (χ0n) is 19.9. The summed E-state index contributed by atoms with van der Waals surface area (Å²) in [6.45, 7) is 16.0. The fraction of sp³-hybridized carbons (Fsp3) is 0.714. The van der Waals surface area contributed by atoms with E-state index in [1.165, 1.54) is 32.1 Å². The summed E-state index contributed by atoms with van der Waals surface area (Å²) in [5.41, 5.74) is 3.77. The summed E-state index contributed by atoms with van der Waals surface area (Å²) < 4.78 is 0. The van der Waals surface area contributed by atoms with Crippen LogP contribution in [-0.4, -0.2) is 22.4 Å². The number of fused-ring (bicyclic) bond motifs is 1. The third-order valence-electron chi connectivity index (χ3n) is 8.71. The quantitative estimate of drug-likeness (QED) is 0.499. The van der Waals surface area contributed by atoms with Crippen molar-refractivity contribution in [3.63, 3.8) is 0 Å². The molecule has 2 heteroatoms. The summed E-state index contributed by atoms with van der Waals surface area (Å²) in [7, 11) is 0. The van der Waals surface area contributed by atoms with Crippen LogP contribution in [0.5, 0.6) is 0 Å². The lowest BCUT2D eigenvalue weighted by molar-refractivity contribution is 0.0862. The van der Waals surface area contributed by atoms with Crippen LogP contribution in [0.1, 0.15) is 79.6 Å². The smallest absolute Gasteiger partial charge is 0.0811 e. The van der Waals surface area contributed by atoms with Gasteiger partial charge in [-0.15, -0.1) is 0 Å². The zero-order chi connectivity index (χ0) is 22.1. The van der Waals surface area contributed by atoms with Crippen LogP contribution in [0.4, 0.5) is 0 Å². The second kappa shape index (κ2) is 9.57. The minimum atomic E-state index is -0.605. The molecule has 30 heavy (non-hydrogen) atoms. The highest BCUT2D eigenvalue weighted by molar-refractivity contribution is 5.38. The number of hydrogen-bond acceptors (Lipinski definition) is 2. The Balaban J connectivity index is 1.76. The van der Waals surface area contributed by atoms with Gasteiger partial charge in [-0.2, -0.15) is 0 Å². The average molecular weight is 413 g/mol. The summed E-state index contributed by atoms with van der Waals surface area (Å²) >= 11 is 0. The molecule has 0 aromatic heterocycles. The van der Waals surface area contributed by atoms with Gasteiger partial charge in [0, 0.05) is 6.42 Å². The molecule has 0 heterocycles. The van der Waals surface area contributed by atoms with E-state index in [-0.39, 0.29) is 0 Å². The number of allylic oxidation sites excluding steroid dienone is 5. The standard InChI is InChI=1S/C28H44O2/c1-18(2)19(3)9-10-20(4)25-13-14-26-22(8-7-15-28(25,26)6)11-12-23-16-24(29)17-27(30)21(23)5/h9-12,18-20,24-27,29-30H,5,7-8,13-17H2,1-4,6H3/b10-9+,22-11+,23-12-/t19-,20-,24-,25-,26+,27?,28-/m1/s1. The van der Waals surface area contributed by atoms with E-state index in [9.17, 15) is 10.2 Å². The van der Waals surface area contributed by atoms with Gasteiger partial charge >= 0.3 is 0 Å². The SMILES string of the molecule is C=C1/C(=C\C=C2/CCC[C@]3(C)[C@@H]([C@H](C)/C=C/[C@@H](C)C(C)C)CC[C@@H]23)C[C@@H](O)CC1O. The molecule has 2 nitrogen and oxygen atoms in total. The molecule has 168 valence electrons. The van der Waals surface area contributed by atoms with Crippen molar-refractivity contribution < 1.29 is 10.2 Å². The summed E-state index contributed by atoms with van der Waals surface area (Å²) in [5, 5.41) is 20.2. The maximum atomic E-state index is 10.1. The average Bonchev–Trinajstić information content (AvgIpc) is 3.04. The minimum Gasteiger partial charge on any atom is -0.393 e. The van der Waals surface area contributed by atoms with Crippen LogP contribution in [0.3, 0.4) is 0 Å². The first-order chi connectivity index (χ1) is 14.1. The van der Waals surface area contributed by atoms with Gasteiger partial charge in [0.15, 0.2) is 0 Å². The highest BCUT2D eigenvalue weighted by atomic mass is 16.3. The van der Waals surface area contributed by atoms with Crippen molar-refractivity contribution in [1.82, 2.24) is 0 Å². The fourth-order valence-corrected chi connectivity index (χ4v) is 6.32. The minimum absolute atomic E-state index is 0.385. The lowest BCUT2D eigenvalue weighted by Crippen LogP contribution is -2.35. The van der Waals surface area contributed by atoms with Crippen LogP contribution in [0, 0.1) is 35.0 Å². The van der Waals surface area contributed by atoms with Crippen molar-refractivity contribution >= 4 is 0 Å². The van der Waals surface area contributed by atoms with Gasteiger partial charge in [0.25, 0.3) is 0 Å². The summed E-state index contributed by atoms with van der Waals surface area (Å²) in [6, 6.07) is 0. The lowest BCUT2D eigenvalue weighted by Gasteiger charge is -2.44. The molecule has 7 atom stereocenters. The molecule has 3 saturated carbocycles. The van der Waals surface area contributed by atoms with Gasteiger partial charge in [-0.1, -0.05) is 71.1 Å². The molecule has 3 aliphatic carbocycles.